The summed E-state index contributed by atoms with van der Waals surface area (Å²) in [6, 6.07) is 1.86. The highest BCUT2D eigenvalue weighted by Crippen LogP contribution is 2.29. The molecule has 5 nitrogen and oxygen atoms in total. The van der Waals surface area contributed by atoms with Crippen molar-refractivity contribution in [2.45, 2.75) is 27.7 Å². The predicted molar refractivity (Wildman–Crippen MR) is 83.9 cm³/mol. The van der Waals surface area contributed by atoms with E-state index in [1.54, 1.807) is 4.90 Å². The van der Waals surface area contributed by atoms with E-state index in [4.69, 9.17) is 4.74 Å². The van der Waals surface area contributed by atoms with Gasteiger partial charge >= 0.3 is 0 Å². The van der Waals surface area contributed by atoms with E-state index in [9.17, 15) is 9.59 Å². The zero-order valence-electron chi connectivity index (χ0n) is 13.0. The Morgan fingerprint density at radius 3 is 2.48 bits per heavy atom. The number of anilines is 1. The van der Waals surface area contributed by atoms with E-state index in [1.165, 1.54) is 11.3 Å². The first-order valence-corrected chi connectivity index (χ1v) is 7.89. The Morgan fingerprint density at radius 1 is 1.29 bits per heavy atom. The van der Waals surface area contributed by atoms with Gasteiger partial charge in [0.05, 0.1) is 23.1 Å². The molecule has 2 amide bonds. The summed E-state index contributed by atoms with van der Waals surface area (Å²) < 4.78 is 5.26. The summed E-state index contributed by atoms with van der Waals surface area (Å²) in [5.74, 6) is -0.0221. The minimum absolute atomic E-state index is 0.0251. The fourth-order valence-corrected chi connectivity index (χ4v) is 3.00. The van der Waals surface area contributed by atoms with Crippen LogP contribution in [0.1, 0.15) is 36.0 Å². The molecule has 0 unspecified atom stereocenters. The molecule has 21 heavy (non-hydrogen) atoms. The normalized spacial score (nSPS) is 15.9. The first-order valence-electron chi connectivity index (χ1n) is 7.08. The van der Waals surface area contributed by atoms with Crippen LogP contribution in [0.4, 0.5) is 5.00 Å². The molecule has 1 aliphatic rings. The number of nitrogens with zero attached hydrogens (tertiary/aromatic N) is 1. The maximum absolute atomic E-state index is 12.5. The number of carbonyl (C=O) groups is 2. The number of hydrogen-bond donors (Lipinski definition) is 1. The summed E-state index contributed by atoms with van der Waals surface area (Å²) in [5.41, 5.74) is 0.451. The lowest BCUT2D eigenvalue weighted by Gasteiger charge is -2.26. The molecule has 1 N–H and O–H groups in total. The number of morpholine rings is 1. The van der Waals surface area contributed by atoms with Gasteiger partial charge in [-0.3, -0.25) is 9.59 Å². The van der Waals surface area contributed by atoms with E-state index >= 15 is 0 Å². The Morgan fingerprint density at radius 2 is 1.90 bits per heavy atom. The molecule has 0 atom stereocenters. The van der Waals surface area contributed by atoms with Gasteiger partial charge in [0, 0.05) is 18.5 Å². The number of nitrogens with one attached hydrogen (secondary N) is 1. The van der Waals surface area contributed by atoms with Gasteiger partial charge in [0.15, 0.2) is 0 Å². The minimum Gasteiger partial charge on any atom is -0.378 e. The van der Waals surface area contributed by atoms with E-state index < -0.39 is 5.41 Å². The smallest absolute Gasteiger partial charge is 0.264 e. The van der Waals surface area contributed by atoms with Crippen LogP contribution in [0.5, 0.6) is 0 Å². The average Bonchev–Trinajstić information content (AvgIpc) is 2.78. The number of rotatable bonds is 2. The zero-order chi connectivity index (χ0) is 15.6. The molecule has 6 heteroatoms. The van der Waals surface area contributed by atoms with Gasteiger partial charge in [0.25, 0.3) is 5.91 Å². The van der Waals surface area contributed by atoms with Crippen molar-refractivity contribution in [1.29, 1.82) is 0 Å². The lowest BCUT2D eigenvalue weighted by atomic mass is 9.96. The summed E-state index contributed by atoms with van der Waals surface area (Å²) in [4.78, 5) is 27.0. The molecular weight excluding hydrogens is 288 g/mol. The molecule has 0 bridgehead atoms. The third-order valence-corrected chi connectivity index (χ3v) is 4.47. The monoisotopic (exact) mass is 310 g/mol. The van der Waals surface area contributed by atoms with Gasteiger partial charge in [-0.05, 0) is 18.6 Å². The van der Waals surface area contributed by atoms with E-state index in [2.05, 4.69) is 5.32 Å². The Hall–Kier alpha value is -1.40. The second kappa shape index (κ2) is 6.15. The fraction of sp³-hybridized carbons (Fsp3) is 0.600. The number of thiophene rings is 1. The molecule has 0 aliphatic carbocycles. The highest BCUT2D eigenvalue weighted by molar-refractivity contribution is 7.18. The van der Waals surface area contributed by atoms with Crippen molar-refractivity contribution in [3.05, 3.63) is 16.5 Å². The SMILES string of the molecule is Cc1cc(NC(=O)C(C)(C)C)sc1C(=O)N1CCOCC1. The van der Waals surface area contributed by atoms with Crippen molar-refractivity contribution in [3.8, 4) is 0 Å². The summed E-state index contributed by atoms with van der Waals surface area (Å²) in [7, 11) is 0. The average molecular weight is 310 g/mol. The quantitative estimate of drug-likeness (QED) is 0.913. The molecule has 1 saturated heterocycles. The Labute approximate surface area is 129 Å². The van der Waals surface area contributed by atoms with E-state index in [-0.39, 0.29) is 11.8 Å². The van der Waals surface area contributed by atoms with E-state index in [0.29, 0.717) is 31.2 Å². The summed E-state index contributed by atoms with van der Waals surface area (Å²) in [5, 5.41) is 3.61. The Kier molecular flexibility index (Phi) is 4.68. The molecule has 1 fully saturated rings. The fourth-order valence-electron chi connectivity index (χ4n) is 1.97. The van der Waals surface area contributed by atoms with Gasteiger partial charge in [-0.2, -0.15) is 0 Å². The number of carbonyl (C=O) groups excluding carboxylic acids is 2. The van der Waals surface area contributed by atoms with Gasteiger partial charge in [-0.25, -0.2) is 0 Å². The van der Waals surface area contributed by atoms with Crippen LogP contribution in [0.15, 0.2) is 6.07 Å². The second-order valence-electron chi connectivity index (χ2n) is 6.23. The summed E-state index contributed by atoms with van der Waals surface area (Å²) in [6.07, 6.45) is 0. The van der Waals surface area contributed by atoms with Crippen molar-refractivity contribution in [2.24, 2.45) is 5.41 Å². The molecule has 2 rings (SSSR count). The molecule has 1 aromatic heterocycles. The number of ether oxygens (including phenoxy) is 1. The molecule has 1 aromatic rings. The zero-order valence-corrected chi connectivity index (χ0v) is 13.8. The first-order chi connectivity index (χ1) is 9.79. The standard InChI is InChI=1S/C15H22N2O3S/c1-10-9-11(16-14(19)15(2,3)4)21-12(10)13(18)17-5-7-20-8-6-17/h9H,5-8H2,1-4H3,(H,16,19). The van der Waals surface area contributed by atoms with E-state index in [0.717, 1.165) is 10.6 Å². The van der Waals surface area contributed by atoms with Crippen LogP contribution in [0, 0.1) is 12.3 Å². The van der Waals surface area contributed by atoms with Crippen molar-refractivity contribution in [3.63, 3.8) is 0 Å². The van der Waals surface area contributed by atoms with Gasteiger partial charge in [0.1, 0.15) is 0 Å². The van der Waals surface area contributed by atoms with Crippen molar-refractivity contribution < 1.29 is 14.3 Å². The second-order valence-corrected chi connectivity index (χ2v) is 7.28. The van der Waals surface area contributed by atoms with Crippen LogP contribution < -0.4 is 5.32 Å². The van der Waals surface area contributed by atoms with Crippen LogP contribution in [0.2, 0.25) is 0 Å². The highest BCUT2D eigenvalue weighted by Gasteiger charge is 2.25. The third-order valence-electron chi connectivity index (χ3n) is 3.33. The predicted octanol–water partition coefficient (Wildman–Crippen LogP) is 2.51. The van der Waals surface area contributed by atoms with Gasteiger partial charge in [-0.1, -0.05) is 20.8 Å². The maximum Gasteiger partial charge on any atom is 0.264 e. The maximum atomic E-state index is 12.5. The molecule has 116 valence electrons. The Balaban J connectivity index is 2.11. The van der Waals surface area contributed by atoms with Crippen LogP contribution >= 0.6 is 11.3 Å². The van der Waals surface area contributed by atoms with Crippen LogP contribution in [0.3, 0.4) is 0 Å². The lowest BCUT2D eigenvalue weighted by molar-refractivity contribution is -0.123. The summed E-state index contributed by atoms with van der Waals surface area (Å²) >= 11 is 1.34. The van der Waals surface area contributed by atoms with Crippen molar-refractivity contribution in [2.75, 3.05) is 31.6 Å². The van der Waals surface area contributed by atoms with Crippen LogP contribution in [-0.4, -0.2) is 43.0 Å². The molecule has 0 radical (unpaired) electrons. The minimum atomic E-state index is -0.452. The highest BCUT2D eigenvalue weighted by atomic mass is 32.1. The van der Waals surface area contributed by atoms with Crippen molar-refractivity contribution >= 4 is 28.2 Å². The van der Waals surface area contributed by atoms with Crippen LogP contribution in [0.25, 0.3) is 0 Å². The number of hydrogen-bond acceptors (Lipinski definition) is 4. The summed E-state index contributed by atoms with van der Waals surface area (Å²) in [6.45, 7) is 9.91. The molecule has 2 heterocycles. The lowest BCUT2D eigenvalue weighted by Crippen LogP contribution is -2.40. The first kappa shape index (κ1) is 16.0. The van der Waals surface area contributed by atoms with Gasteiger partial charge in [0.2, 0.25) is 5.91 Å². The molecule has 0 spiro atoms. The third kappa shape index (κ3) is 3.83. The van der Waals surface area contributed by atoms with Crippen molar-refractivity contribution in [1.82, 2.24) is 4.90 Å². The largest absolute Gasteiger partial charge is 0.378 e. The molecule has 0 aromatic carbocycles. The van der Waals surface area contributed by atoms with Crippen LogP contribution in [-0.2, 0) is 9.53 Å². The molecular formula is C15H22N2O3S. The molecule has 0 saturated carbocycles. The number of amides is 2. The molecule has 1 aliphatic heterocycles. The van der Waals surface area contributed by atoms with Gasteiger partial charge in [-0.15, -0.1) is 11.3 Å². The van der Waals surface area contributed by atoms with E-state index in [1.807, 2.05) is 33.8 Å². The number of aryl methyl sites for hydroxylation is 1. The topological polar surface area (TPSA) is 58.6 Å². The van der Waals surface area contributed by atoms with Gasteiger partial charge < -0.3 is 15.0 Å². The Bertz CT molecular complexity index is 540.